The van der Waals surface area contributed by atoms with Gasteiger partial charge in [0.2, 0.25) is 5.91 Å². The second-order valence-corrected chi connectivity index (χ2v) is 8.39. The van der Waals surface area contributed by atoms with Crippen molar-refractivity contribution >= 4 is 35.2 Å². The number of anilines is 1. The molecule has 1 unspecified atom stereocenters. The van der Waals surface area contributed by atoms with Gasteiger partial charge in [-0.3, -0.25) is 9.59 Å². The molecule has 1 atom stereocenters. The van der Waals surface area contributed by atoms with E-state index in [0.29, 0.717) is 16.1 Å². The average Bonchev–Trinajstić information content (AvgIpc) is 3.27. The van der Waals surface area contributed by atoms with Gasteiger partial charge in [0, 0.05) is 16.6 Å². The lowest BCUT2D eigenvalue weighted by Gasteiger charge is -2.17. The van der Waals surface area contributed by atoms with E-state index in [9.17, 15) is 18.8 Å². The maximum atomic E-state index is 13.0. The second kappa shape index (κ2) is 10.9. The molecule has 8 heteroatoms. The fourth-order valence-corrected chi connectivity index (χ4v) is 4.14. The average molecular weight is 445 g/mol. The van der Waals surface area contributed by atoms with E-state index in [0.717, 1.165) is 25.7 Å². The number of carbonyl (C=O) groups excluding carboxylic acids is 3. The van der Waals surface area contributed by atoms with Crippen molar-refractivity contribution in [1.29, 1.82) is 0 Å². The van der Waals surface area contributed by atoms with Crippen LogP contribution in [0.15, 0.2) is 53.4 Å². The van der Waals surface area contributed by atoms with Crippen molar-refractivity contribution in [1.82, 2.24) is 5.32 Å². The highest BCUT2D eigenvalue weighted by molar-refractivity contribution is 8.00. The van der Waals surface area contributed by atoms with Crippen LogP contribution in [0.5, 0.6) is 0 Å². The van der Waals surface area contributed by atoms with Gasteiger partial charge in [-0.15, -0.1) is 11.8 Å². The van der Waals surface area contributed by atoms with E-state index in [2.05, 4.69) is 10.6 Å². The number of hydrogen-bond acceptors (Lipinski definition) is 5. The van der Waals surface area contributed by atoms with Crippen LogP contribution in [0.4, 0.5) is 10.1 Å². The molecule has 6 nitrogen and oxygen atoms in total. The maximum Gasteiger partial charge on any atom is 0.340 e. The van der Waals surface area contributed by atoms with Gasteiger partial charge in [-0.05, 0) is 56.2 Å². The van der Waals surface area contributed by atoms with Crippen molar-refractivity contribution in [3.05, 3.63) is 59.9 Å². The first-order valence-electron chi connectivity index (χ1n) is 10.2. The van der Waals surface area contributed by atoms with E-state index in [4.69, 9.17) is 4.74 Å². The van der Waals surface area contributed by atoms with E-state index in [-0.39, 0.29) is 29.4 Å². The number of hydrogen-bond donors (Lipinski definition) is 2. The van der Waals surface area contributed by atoms with Gasteiger partial charge in [0.15, 0.2) is 6.10 Å². The number of thioether (sulfide) groups is 1. The smallest absolute Gasteiger partial charge is 0.340 e. The zero-order chi connectivity index (χ0) is 22.2. The van der Waals surface area contributed by atoms with E-state index in [1.165, 1.54) is 36.0 Å². The molecular weight excluding hydrogens is 419 g/mol. The van der Waals surface area contributed by atoms with Gasteiger partial charge in [0.1, 0.15) is 5.82 Å². The summed E-state index contributed by atoms with van der Waals surface area (Å²) in [6.45, 7) is 1.55. The molecule has 0 bridgehead atoms. The normalized spacial score (nSPS) is 14.6. The molecule has 164 valence electrons. The minimum atomic E-state index is -0.909. The van der Waals surface area contributed by atoms with E-state index in [1.807, 2.05) is 0 Å². The summed E-state index contributed by atoms with van der Waals surface area (Å²) in [6.07, 6.45) is 3.18. The highest BCUT2D eigenvalue weighted by Gasteiger charge is 2.24. The molecule has 0 spiro atoms. The van der Waals surface area contributed by atoms with Gasteiger partial charge in [0.05, 0.1) is 11.3 Å². The molecule has 1 fully saturated rings. The van der Waals surface area contributed by atoms with Crippen LogP contribution >= 0.6 is 11.8 Å². The summed E-state index contributed by atoms with van der Waals surface area (Å²) in [4.78, 5) is 37.7. The Balaban J connectivity index is 1.54. The van der Waals surface area contributed by atoms with Gasteiger partial charge in [-0.25, -0.2) is 9.18 Å². The van der Waals surface area contributed by atoms with Crippen LogP contribution < -0.4 is 10.6 Å². The van der Waals surface area contributed by atoms with Gasteiger partial charge < -0.3 is 15.4 Å². The summed E-state index contributed by atoms with van der Waals surface area (Å²) < 4.78 is 18.3. The SMILES string of the molecule is CC(OC(=O)c1ccccc1SCC(=O)Nc1ccc(F)cc1)C(=O)NC1CCCC1. The lowest BCUT2D eigenvalue weighted by atomic mass is 10.2. The van der Waals surface area contributed by atoms with Gasteiger partial charge >= 0.3 is 5.97 Å². The zero-order valence-corrected chi connectivity index (χ0v) is 18.0. The number of ether oxygens (including phenoxy) is 1. The van der Waals surface area contributed by atoms with Crippen molar-refractivity contribution in [3.8, 4) is 0 Å². The molecular formula is C23H25FN2O4S. The number of esters is 1. The van der Waals surface area contributed by atoms with Crippen molar-refractivity contribution in [2.24, 2.45) is 0 Å². The Hall–Kier alpha value is -2.87. The number of rotatable bonds is 8. The summed E-state index contributed by atoms with van der Waals surface area (Å²) >= 11 is 1.18. The molecule has 0 radical (unpaired) electrons. The van der Waals surface area contributed by atoms with Crippen LogP contribution in [0.1, 0.15) is 43.0 Å². The van der Waals surface area contributed by atoms with Crippen LogP contribution in [-0.2, 0) is 14.3 Å². The third-order valence-electron chi connectivity index (χ3n) is 4.95. The highest BCUT2D eigenvalue weighted by atomic mass is 32.2. The summed E-state index contributed by atoms with van der Waals surface area (Å²) in [6, 6.07) is 12.4. The number of amides is 2. The summed E-state index contributed by atoms with van der Waals surface area (Å²) in [7, 11) is 0. The molecule has 31 heavy (non-hydrogen) atoms. The topological polar surface area (TPSA) is 84.5 Å². The third kappa shape index (κ3) is 6.82. The molecule has 2 aromatic carbocycles. The Morgan fingerprint density at radius 2 is 1.77 bits per heavy atom. The Bertz CT molecular complexity index is 929. The molecule has 0 heterocycles. The maximum absolute atomic E-state index is 13.0. The van der Waals surface area contributed by atoms with Crippen molar-refractivity contribution in [2.45, 2.75) is 49.6 Å². The first-order chi connectivity index (χ1) is 14.9. The van der Waals surface area contributed by atoms with Crippen LogP contribution in [0.25, 0.3) is 0 Å². The molecule has 0 aromatic heterocycles. The number of halogens is 1. The monoisotopic (exact) mass is 444 g/mol. The quantitative estimate of drug-likeness (QED) is 0.472. The largest absolute Gasteiger partial charge is 0.449 e. The fourth-order valence-electron chi connectivity index (χ4n) is 3.30. The van der Waals surface area contributed by atoms with Crippen LogP contribution in [0, 0.1) is 5.82 Å². The van der Waals surface area contributed by atoms with E-state index < -0.39 is 12.1 Å². The van der Waals surface area contributed by atoms with Crippen molar-refractivity contribution in [2.75, 3.05) is 11.1 Å². The molecule has 2 N–H and O–H groups in total. The van der Waals surface area contributed by atoms with Crippen LogP contribution in [0.3, 0.4) is 0 Å². The highest BCUT2D eigenvalue weighted by Crippen LogP contribution is 2.24. The zero-order valence-electron chi connectivity index (χ0n) is 17.2. The van der Waals surface area contributed by atoms with Gasteiger partial charge in [-0.1, -0.05) is 25.0 Å². The lowest BCUT2D eigenvalue weighted by Crippen LogP contribution is -2.40. The van der Waals surface area contributed by atoms with Crippen molar-refractivity contribution < 1.29 is 23.5 Å². The lowest BCUT2D eigenvalue weighted by molar-refractivity contribution is -0.129. The summed E-state index contributed by atoms with van der Waals surface area (Å²) in [5.74, 6) is -1.53. The Kier molecular flexibility index (Phi) is 8.06. The Morgan fingerprint density at radius 3 is 2.48 bits per heavy atom. The number of nitrogens with one attached hydrogen (secondary N) is 2. The molecule has 1 aliphatic carbocycles. The van der Waals surface area contributed by atoms with E-state index >= 15 is 0 Å². The molecule has 2 amide bonds. The second-order valence-electron chi connectivity index (χ2n) is 7.38. The minimum Gasteiger partial charge on any atom is -0.449 e. The number of benzene rings is 2. The fraction of sp³-hybridized carbons (Fsp3) is 0.348. The third-order valence-corrected chi connectivity index (χ3v) is 6.02. The summed E-state index contributed by atoms with van der Waals surface area (Å²) in [5.41, 5.74) is 0.782. The van der Waals surface area contributed by atoms with E-state index in [1.54, 1.807) is 31.2 Å². The molecule has 3 rings (SSSR count). The Labute approximate surface area is 184 Å². The standard InChI is InChI=1S/C23H25FN2O4S/c1-15(22(28)26-17-6-2-3-7-17)30-23(29)19-8-4-5-9-20(19)31-14-21(27)25-18-12-10-16(24)11-13-18/h4-5,8-13,15,17H,2-3,6-7,14H2,1H3,(H,25,27)(H,26,28). The Morgan fingerprint density at radius 1 is 1.10 bits per heavy atom. The van der Waals surface area contributed by atoms with Crippen molar-refractivity contribution in [3.63, 3.8) is 0 Å². The predicted octanol–water partition coefficient (Wildman–Crippen LogP) is 4.16. The molecule has 0 aliphatic heterocycles. The minimum absolute atomic E-state index is 0.0549. The molecule has 1 saturated carbocycles. The van der Waals surface area contributed by atoms with Crippen LogP contribution in [0.2, 0.25) is 0 Å². The summed E-state index contributed by atoms with van der Waals surface area (Å²) in [5, 5.41) is 5.59. The molecule has 2 aromatic rings. The molecule has 1 aliphatic rings. The number of carbonyl (C=O) groups is 3. The van der Waals surface area contributed by atoms with Gasteiger partial charge in [-0.2, -0.15) is 0 Å². The van der Waals surface area contributed by atoms with Gasteiger partial charge in [0.25, 0.3) is 5.91 Å². The first-order valence-corrected chi connectivity index (χ1v) is 11.2. The first kappa shape index (κ1) is 22.8. The predicted molar refractivity (Wildman–Crippen MR) is 117 cm³/mol. The molecule has 0 saturated heterocycles. The van der Waals surface area contributed by atoms with Crippen LogP contribution in [-0.4, -0.2) is 35.7 Å².